The van der Waals surface area contributed by atoms with Crippen LogP contribution in [0.4, 0.5) is 10.6 Å². The lowest BCUT2D eigenvalue weighted by Crippen LogP contribution is -2.49. The molecule has 27 heavy (non-hydrogen) atoms. The highest BCUT2D eigenvalue weighted by molar-refractivity contribution is 5.88. The molecule has 3 rings (SSSR count). The molecule has 8 heteroatoms. The number of hydrogen-bond acceptors (Lipinski definition) is 4. The molecule has 3 amide bonds. The SMILES string of the molecule is CC(=O)N1CCO[C@@H](CNC(=O)Nc2cc(C)nn2-c2ccccc2C)C1. The van der Waals surface area contributed by atoms with Crippen LogP contribution in [0.2, 0.25) is 0 Å². The first-order valence-corrected chi connectivity index (χ1v) is 8.98. The van der Waals surface area contributed by atoms with Crippen LogP contribution in [0.25, 0.3) is 5.69 Å². The van der Waals surface area contributed by atoms with Gasteiger partial charge >= 0.3 is 6.03 Å². The molecule has 0 radical (unpaired) electrons. The quantitative estimate of drug-likeness (QED) is 0.859. The second-order valence-electron chi connectivity index (χ2n) is 6.66. The molecule has 1 aliphatic heterocycles. The van der Waals surface area contributed by atoms with Crippen LogP contribution in [-0.4, -0.2) is 59.0 Å². The molecule has 1 fully saturated rings. The van der Waals surface area contributed by atoms with Gasteiger partial charge in [-0.05, 0) is 25.5 Å². The Labute approximate surface area is 158 Å². The molecule has 0 aliphatic carbocycles. The van der Waals surface area contributed by atoms with Gasteiger partial charge in [-0.15, -0.1) is 0 Å². The number of anilines is 1. The van der Waals surface area contributed by atoms with E-state index >= 15 is 0 Å². The number of urea groups is 1. The number of rotatable bonds is 4. The third-order valence-corrected chi connectivity index (χ3v) is 4.49. The van der Waals surface area contributed by atoms with E-state index < -0.39 is 0 Å². The summed E-state index contributed by atoms with van der Waals surface area (Å²) in [6.45, 7) is 7.29. The van der Waals surface area contributed by atoms with Crippen LogP contribution >= 0.6 is 0 Å². The molecule has 0 unspecified atom stereocenters. The molecule has 2 N–H and O–H groups in total. The summed E-state index contributed by atoms with van der Waals surface area (Å²) in [4.78, 5) is 25.6. The summed E-state index contributed by atoms with van der Waals surface area (Å²) in [5, 5.41) is 10.1. The lowest BCUT2D eigenvalue weighted by atomic mass is 10.2. The van der Waals surface area contributed by atoms with Crippen LogP contribution in [0.3, 0.4) is 0 Å². The molecule has 1 aromatic heterocycles. The average Bonchev–Trinajstić information content (AvgIpc) is 3.00. The molecule has 1 aromatic carbocycles. The van der Waals surface area contributed by atoms with E-state index in [-0.39, 0.29) is 18.0 Å². The molecule has 0 bridgehead atoms. The van der Waals surface area contributed by atoms with Gasteiger partial charge in [-0.25, -0.2) is 9.48 Å². The zero-order valence-electron chi connectivity index (χ0n) is 15.9. The summed E-state index contributed by atoms with van der Waals surface area (Å²) in [5.41, 5.74) is 2.78. The number of aromatic nitrogens is 2. The van der Waals surface area contributed by atoms with Gasteiger partial charge < -0.3 is 15.0 Å². The van der Waals surface area contributed by atoms with E-state index in [4.69, 9.17) is 4.74 Å². The number of carbonyl (C=O) groups is 2. The van der Waals surface area contributed by atoms with Gasteiger partial charge in [0.1, 0.15) is 5.82 Å². The number of para-hydroxylation sites is 1. The highest BCUT2D eigenvalue weighted by atomic mass is 16.5. The maximum absolute atomic E-state index is 12.3. The van der Waals surface area contributed by atoms with Gasteiger partial charge in [0, 0.05) is 32.6 Å². The normalized spacial score (nSPS) is 16.9. The topological polar surface area (TPSA) is 88.5 Å². The molecule has 0 spiro atoms. The molecule has 1 atom stereocenters. The Balaban J connectivity index is 1.62. The number of aryl methyl sites for hydroxylation is 2. The van der Waals surface area contributed by atoms with E-state index in [1.165, 1.54) is 6.92 Å². The second kappa shape index (κ2) is 8.22. The van der Waals surface area contributed by atoms with Gasteiger partial charge in [-0.2, -0.15) is 5.10 Å². The van der Waals surface area contributed by atoms with Gasteiger partial charge in [-0.3, -0.25) is 10.1 Å². The van der Waals surface area contributed by atoms with E-state index in [0.717, 1.165) is 16.9 Å². The fourth-order valence-corrected chi connectivity index (χ4v) is 3.07. The molecule has 2 aromatic rings. The fraction of sp³-hybridized carbons (Fsp3) is 0.421. The largest absolute Gasteiger partial charge is 0.373 e. The first-order valence-electron chi connectivity index (χ1n) is 8.98. The Morgan fingerprint density at radius 3 is 2.81 bits per heavy atom. The van der Waals surface area contributed by atoms with Gasteiger partial charge in [0.25, 0.3) is 0 Å². The van der Waals surface area contributed by atoms with E-state index in [0.29, 0.717) is 32.1 Å². The molecule has 8 nitrogen and oxygen atoms in total. The third kappa shape index (κ3) is 4.65. The lowest BCUT2D eigenvalue weighted by Gasteiger charge is -2.32. The Morgan fingerprint density at radius 2 is 2.07 bits per heavy atom. The van der Waals surface area contributed by atoms with Crippen molar-refractivity contribution in [1.82, 2.24) is 20.0 Å². The van der Waals surface area contributed by atoms with E-state index in [1.807, 2.05) is 44.2 Å². The van der Waals surface area contributed by atoms with Crippen molar-refractivity contribution in [3.63, 3.8) is 0 Å². The number of ether oxygens (including phenoxy) is 1. The Bertz CT molecular complexity index is 833. The minimum atomic E-state index is -0.340. The summed E-state index contributed by atoms with van der Waals surface area (Å²) in [7, 11) is 0. The molecule has 2 heterocycles. The molecule has 144 valence electrons. The highest BCUT2D eigenvalue weighted by Crippen LogP contribution is 2.20. The predicted octanol–water partition coefficient (Wildman–Crippen LogP) is 1.86. The van der Waals surface area contributed by atoms with Crippen molar-refractivity contribution in [2.45, 2.75) is 26.9 Å². The Hall–Kier alpha value is -2.87. The monoisotopic (exact) mass is 371 g/mol. The minimum absolute atomic E-state index is 0.0189. The maximum atomic E-state index is 12.3. The predicted molar refractivity (Wildman–Crippen MR) is 102 cm³/mol. The summed E-state index contributed by atoms with van der Waals surface area (Å²) < 4.78 is 7.34. The fourth-order valence-electron chi connectivity index (χ4n) is 3.07. The number of hydrogen-bond donors (Lipinski definition) is 2. The average molecular weight is 371 g/mol. The smallest absolute Gasteiger partial charge is 0.320 e. The van der Waals surface area contributed by atoms with Crippen molar-refractivity contribution >= 4 is 17.8 Å². The lowest BCUT2D eigenvalue weighted by molar-refractivity contribution is -0.136. The third-order valence-electron chi connectivity index (χ3n) is 4.49. The maximum Gasteiger partial charge on any atom is 0.320 e. The number of morpholine rings is 1. The van der Waals surface area contributed by atoms with Gasteiger partial charge in [0.2, 0.25) is 5.91 Å². The Kier molecular flexibility index (Phi) is 5.75. The molecule has 1 aliphatic rings. The molecule has 1 saturated heterocycles. The number of nitrogens with zero attached hydrogens (tertiary/aromatic N) is 3. The van der Waals surface area contributed by atoms with Crippen molar-refractivity contribution in [1.29, 1.82) is 0 Å². The summed E-state index contributed by atoms with van der Waals surface area (Å²) in [6, 6.07) is 9.33. The van der Waals surface area contributed by atoms with Crippen LogP contribution in [0.5, 0.6) is 0 Å². The minimum Gasteiger partial charge on any atom is -0.373 e. The number of carbonyl (C=O) groups excluding carboxylic acids is 2. The van der Waals surface area contributed by atoms with Crippen molar-refractivity contribution in [2.24, 2.45) is 0 Å². The van der Waals surface area contributed by atoms with Crippen LogP contribution in [-0.2, 0) is 9.53 Å². The summed E-state index contributed by atoms with van der Waals surface area (Å²) in [5.74, 6) is 0.611. The van der Waals surface area contributed by atoms with Crippen LogP contribution in [0, 0.1) is 13.8 Å². The van der Waals surface area contributed by atoms with Crippen LogP contribution in [0.15, 0.2) is 30.3 Å². The van der Waals surface area contributed by atoms with Gasteiger partial charge in [0.05, 0.1) is 24.1 Å². The van der Waals surface area contributed by atoms with Gasteiger partial charge in [-0.1, -0.05) is 18.2 Å². The molecule has 0 saturated carbocycles. The van der Waals surface area contributed by atoms with Crippen molar-refractivity contribution in [2.75, 3.05) is 31.6 Å². The van der Waals surface area contributed by atoms with Crippen molar-refractivity contribution in [3.8, 4) is 5.69 Å². The number of nitrogens with one attached hydrogen (secondary N) is 2. The van der Waals surface area contributed by atoms with Crippen molar-refractivity contribution in [3.05, 3.63) is 41.6 Å². The first-order chi connectivity index (χ1) is 12.9. The standard InChI is InChI=1S/C19H25N5O3/c1-13-6-4-5-7-17(13)24-18(10-14(2)22-24)21-19(26)20-11-16-12-23(15(3)25)8-9-27-16/h4-7,10,16H,8-9,11-12H2,1-3H3,(H2,20,21,26)/t16-/m0/s1. The van der Waals surface area contributed by atoms with E-state index in [9.17, 15) is 9.59 Å². The molecular weight excluding hydrogens is 346 g/mol. The second-order valence-corrected chi connectivity index (χ2v) is 6.66. The summed E-state index contributed by atoms with van der Waals surface area (Å²) >= 11 is 0. The Morgan fingerprint density at radius 1 is 1.30 bits per heavy atom. The zero-order chi connectivity index (χ0) is 19.4. The first kappa shape index (κ1) is 18.9. The zero-order valence-corrected chi connectivity index (χ0v) is 15.9. The number of amides is 3. The number of benzene rings is 1. The summed E-state index contributed by atoms with van der Waals surface area (Å²) in [6.07, 6.45) is -0.212. The highest BCUT2D eigenvalue weighted by Gasteiger charge is 2.22. The molecular formula is C19H25N5O3. The van der Waals surface area contributed by atoms with Gasteiger partial charge in [0.15, 0.2) is 0 Å². The van der Waals surface area contributed by atoms with Crippen molar-refractivity contribution < 1.29 is 14.3 Å². The van der Waals surface area contributed by atoms with Crippen LogP contribution in [0.1, 0.15) is 18.2 Å². The van der Waals surface area contributed by atoms with E-state index in [1.54, 1.807) is 9.58 Å². The van der Waals surface area contributed by atoms with Crippen LogP contribution < -0.4 is 10.6 Å². The van der Waals surface area contributed by atoms with E-state index in [2.05, 4.69) is 15.7 Å².